The summed E-state index contributed by atoms with van der Waals surface area (Å²) in [5.74, 6) is 0. The lowest BCUT2D eigenvalue weighted by molar-refractivity contribution is 0.0130. The van der Waals surface area contributed by atoms with Crippen molar-refractivity contribution in [3.8, 4) is 0 Å². The lowest BCUT2D eigenvalue weighted by Gasteiger charge is -1.95. The van der Waals surface area contributed by atoms with Gasteiger partial charge < -0.3 is 0 Å². The maximum Gasteiger partial charge on any atom is 0.210 e. The van der Waals surface area contributed by atoms with Crippen LogP contribution in [0.5, 0.6) is 0 Å². The highest BCUT2D eigenvalue weighted by molar-refractivity contribution is 7.51. The molecule has 0 aromatic carbocycles. The summed E-state index contributed by atoms with van der Waals surface area (Å²) < 4.78 is 14.3. The standard InChI is InChI=1S/C2H6N3O2P3/c1-2-6-5-9-3-8-4-10(5)7-2/h2,9H,1H3,(H,3,4). The fourth-order valence-electron chi connectivity index (χ4n) is 0.636. The van der Waals surface area contributed by atoms with E-state index >= 15 is 0 Å². The van der Waals surface area contributed by atoms with Crippen LogP contribution in [0.15, 0.2) is 0 Å². The average Bonchev–Trinajstić information content (AvgIpc) is 2.27. The van der Waals surface area contributed by atoms with Gasteiger partial charge in [-0.3, -0.25) is 9.03 Å². The van der Waals surface area contributed by atoms with Crippen LogP contribution in [-0.4, -0.2) is 19.6 Å². The minimum absolute atomic E-state index is 0.116. The molecular formula is C2H6N3O2P3. The first-order chi connectivity index (χ1) is 4.86. The van der Waals surface area contributed by atoms with E-state index in [9.17, 15) is 0 Å². The first-order valence-electron chi connectivity index (χ1n) is 2.71. The van der Waals surface area contributed by atoms with E-state index in [0.29, 0.717) is 8.51 Å². The molecule has 0 spiro atoms. The SMILES string of the molecule is CC1On2[pH]np[nH]p2O1. The molecule has 1 aromatic rings. The molecule has 56 valence electrons. The number of nitrogens with zero attached hydrogens (tertiary/aromatic N) is 2. The Kier molecular flexibility index (Phi) is 1.86. The molecule has 1 aliphatic rings. The second-order valence-corrected chi connectivity index (χ2v) is 5.63. The van der Waals surface area contributed by atoms with Crippen molar-refractivity contribution >= 4 is 25.1 Å². The summed E-state index contributed by atoms with van der Waals surface area (Å²) in [5, 5.41) is 0. The number of rotatable bonds is 0. The summed E-state index contributed by atoms with van der Waals surface area (Å²) in [6, 6.07) is 0. The van der Waals surface area contributed by atoms with Gasteiger partial charge in [0.2, 0.25) is 8.08 Å². The highest BCUT2D eigenvalue weighted by atomic mass is 31.2. The summed E-state index contributed by atoms with van der Waals surface area (Å²) in [4.78, 5) is 5.26. The lowest BCUT2D eigenvalue weighted by atomic mass is 10.8. The van der Waals surface area contributed by atoms with Crippen molar-refractivity contribution in [2.24, 2.45) is 0 Å². The monoisotopic (exact) mass is 197 g/mol. The van der Waals surface area contributed by atoms with Crippen molar-refractivity contribution in [3.05, 3.63) is 0 Å². The maximum atomic E-state index is 5.36. The molecule has 1 aromatic heterocycles. The van der Waals surface area contributed by atoms with Crippen LogP contribution in [0.4, 0.5) is 0 Å². The van der Waals surface area contributed by atoms with E-state index in [1.54, 1.807) is 4.26 Å². The summed E-state index contributed by atoms with van der Waals surface area (Å²) in [6.07, 6.45) is -0.116. The highest BCUT2D eigenvalue weighted by Gasteiger charge is 2.17. The third-order valence-corrected chi connectivity index (χ3v) is 4.78. The van der Waals surface area contributed by atoms with Crippen LogP contribution in [0, 0.1) is 0 Å². The van der Waals surface area contributed by atoms with Crippen LogP contribution in [0.3, 0.4) is 0 Å². The topological polar surface area (TPSA) is 52.1 Å². The number of H-pyrrole nitrogens is 1. The molecule has 10 heavy (non-hydrogen) atoms. The minimum atomic E-state index is -0.692. The van der Waals surface area contributed by atoms with Gasteiger partial charge >= 0.3 is 0 Å². The summed E-state index contributed by atoms with van der Waals surface area (Å²) in [7, 11) is 0.603. The van der Waals surface area contributed by atoms with Gasteiger partial charge in [0.1, 0.15) is 8.51 Å². The van der Waals surface area contributed by atoms with Gasteiger partial charge in [-0.15, -0.1) is 4.26 Å². The molecule has 1 aliphatic heterocycles. The van der Waals surface area contributed by atoms with E-state index in [4.69, 9.17) is 9.36 Å². The van der Waals surface area contributed by atoms with Gasteiger partial charge in [-0.2, -0.15) is 4.51 Å². The number of fused-ring (bicyclic) bond motifs is 1. The van der Waals surface area contributed by atoms with Crippen LogP contribution in [0.2, 0.25) is 0 Å². The Labute approximate surface area is 61.7 Å². The molecule has 5 nitrogen and oxygen atoms in total. The zero-order valence-electron chi connectivity index (χ0n) is 5.18. The molecule has 0 amide bonds. The molecule has 2 rings (SSSR count). The van der Waals surface area contributed by atoms with Gasteiger partial charge in [0, 0.05) is 0 Å². The molecule has 8 heteroatoms. The van der Waals surface area contributed by atoms with Crippen LogP contribution in [0.1, 0.15) is 6.92 Å². The van der Waals surface area contributed by atoms with Gasteiger partial charge in [-0.1, -0.05) is 0 Å². The summed E-state index contributed by atoms with van der Waals surface area (Å²) >= 11 is 0. The predicted octanol–water partition coefficient (Wildman–Crippen LogP) is 1.15. The minimum Gasteiger partial charge on any atom is -0.275 e. The Bertz CT molecular complexity index is 232. The van der Waals surface area contributed by atoms with Crippen LogP contribution < -0.4 is 9.36 Å². The van der Waals surface area contributed by atoms with Crippen molar-refractivity contribution in [2.75, 3.05) is 0 Å². The zero-order valence-corrected chi connectivity index (χ0v) is 7.97. The van der Waals surface area contributed by atoms with Gasteiger partial charge in [0.05, 0.1) is 8.51 Å². The lowest BCUT2D eigenvalue weighted by Crippen LogP contribution is -2.15. The maximum absolute atomic E-state index is 5.36. The number of hydrogen-bond acceptors (Lipinski definition) is 3. The first kappa shape index (κ1) is 6.90. The van der Waals surface area contributed by atoms with Crippen LogP contribution >= 0.6 is 25.1 Å². The molecule has 0 radical (unpaired) electrons. The van der Waals surface area contributed by atoms with Gasteiger partial charge in [0.25, 0.3) is 0 Å². The zero-order chi connectivity index (χ0) is 6.97. The van der Waals surface area contributed by atoms with E-state index in [-0.39, 0.29) is 6.29 Å². The molecule has 3 atom stereocenters. The fourth-order valence-corrected chi connectivity index (χ4v) is 4.57. The Balaban J connectivity index is 2.42. The van der Waals surface area contributed by atoms with Crippen molar-refractivity contribution in [2.45, 2.75) is 13.2 Å². The molecule has 0 aliphatic carbocycles. The first-order valence-corrected chi connectivity index (χ1v) is 5.66. The average molecular weight is 197 g/mol. The third-order valence-electron chi connectivity index (χ3n) is 0.972. The second-order valence-electron chi connectivity index (χ2n) is 1.72. The van der Waals surface area contributed by atoms with Crippen molar-refractivity contribution in [1.29, 1.82) is 0 Å². The largest absolute Gasteiger partial charge is 0.275 e. The van der Waals surface area contributed by atoms with E-state index in [2.05, 4.69) is 9.02 Å². The predicted molar refractivity (Wildman–Crippen MR) is 41.5 cm³/mol. The molecule has 0 bridgehead atoms. The summed E-state index contributed by atoms with van der Waals surface area (Å²) in [5.41, 5.74) is 0. The third kappa shape index (κ3) is 1.16. The van der Waals surface area contributed by atoms with E-state index in [0.717, 1.165) is 8.51 Å². The van der Waals surface area contributed by atoms with Gasteiger partial charge in [-0.25, -0.2) is 4.84 Å². The molecule has 0 saturated carbocycles. The Hall–Kier alpha value is 0.220. The van der Waals surface area contributed by atoms with Crippen LogP contribution in [-0.2, 0) is 0 Å². The molecule has 2 heterocycles. The molecule has 1 N–H and O–H groups in total. The van der Waals surface area contributed by atoms with E-state index in [1.165, 1.54) is 0 Å². The molecule has 0 fully saturated rings. The quantitative estimate of drug-likeness (QED) is 0.678. The Morgan fingerprint density at radius 3 is 3.60 bits per heavy atom. The number of aromatic nitrogens is 3. The molecule has 0 saturated heterocycles. The Morgan fingerprint density at radius 2 is 2.80 bits per heavy atom. The van der Waals surface area contributed by atoms with Crippen molar-refractivity contribution < 1.29 is 9.36 Å². The van der Waals surface area contributed by atoms with E-state index < -0.39 is 8.08 Å². The Morgan fingerprint density at radius 1 is 1.90 bits per heavy atom. The van der Waals surface area contributed by atoms with Crippen LogP contribution in [0.25, 0.3) is 0 Å². The van der Waals surface area contributed by atoms with Crippen molar-refractivity contribution in [3.63, 3.8) is 0 Å². The van der Waals surface area contributed by atoms with E-state index in [1.807, 2.05) is 6.92 Å². The second kappa shape index (κ2) is 2.69. The van der Waals surface area contributed by atoms with Gasteiger partial charge in [0.15, 0.2) is 6.29 Å². The molecule has 3 unspecified atom stereocenters. The normalized spacial score (nSPS) is 26.1. The van der Waals surface area contributed by atoms with Crippen molar-refractivity contribution in [1.82, 2.24) is 13.3 Å². The van der Waals surface area contributed by atoms with Gasteiger partial charge in [-0.05, 0) is 6.92 Å². The smallest absolute Gasteiger partial charge is 0.210 e. The number of nitrogens with one attached hydrogen (secondary N) is 1. The fraction of sp³-hybridized carbons (Fsp3) is 1.00. The highest BCUT2D eigenvalue weighted by Crippen LogP contribution is 2.29. The summed E-state index contributed by atoms with van der Waals surface area (Å²) in [6.45, 7) is 1.88. The molecular weight excluding hydrogens is 191 g/mol. The number of aromatic amines is 1. The number of hydrogen-bond donors (Lipinski definition) is 1.